The van der Waals surface area contributed by atoms with Gasteiger partial charge in [0.2, 0.25) is 0 Å². The number of hydrogen-bond donors (Lipinski definition) is 1. The lowest BCUT2D eigenvalue weighted by Gasteiger charge is -2.27. The number of nitrogens with zero attached hydrogens (tertiary/aromatic N) is 3. The Hall–Kier alpha value is -3.09. The molecule has 29 heavy (non-hydrogen) atoms. The maximum atomic E-state index is 12.8. The van der Waals surface area contributed by atoms with E-state index in [1.165, 1.54) is 0 Å². The summed E-state index contributed by atoms with van der Waals surface area (Å²) in [4.78, 5) is 32.9. The van der Waals surface area contributed by atoms with Gasteiger partial charge in [0.15, 0.2) is 0 Å². The summed E-state index contributed by atoms with van der Waals surface area (Å²) in [6, 6.07) is 10.8. The minimum atomic E-state index is -0.566. The summed E-state index contributed by atoms with van der Waals surface area (Å²) in [7, 11) is 3.74. The van der Waals surface area contributed by atoms with Crippen LogP contribution in [-0.2, 0) is 11.3 Å². The molecular weight excluding hydrogens is 368 g/mol. The molecule has 7 nitrogen and oxygen atoms in total. The minimum absolute atomic E-state index is 0.233. The maximum Gasteiger partial charge on any atom is 0.410 e. The first-order chi connectivity index (χ1) is 13.6. The average molecular weight is 399 g/mol. The molecule has 1 N–H and O–H groups in total. The lowest BCUT2D eigenvalue weighted by atomic mass is 10.1. The number of carbonyl (C=O) groups excluding carboxylic acids is 2. The van der Waals surface area contributed by atoms with Crippen LogP contribution in [0.4, 0.5) is 16.3 Å². The molecule has 1 aromatic carbocycles. The predicted molar refractivity (Wildman–Crippen MR) is 115 cm³/mol. The first-order valence-electron chi connectivity index (χ1n) is 9.61. The molecule has 2 amide bonds. The molecule has 0 saturated heterocycles. The van der Waals surface area contributed by atoms with E-state index in [0.29, 0.717) is 30.2 Å². The van der Waals surface area contributed by atoms with Crippen LogP contribution in [-0.4, -0.2) is 48.1 Å². The van der Waals surface area contributed by atoms with Gasteiger partial charge < -0.3 is 19.9 Å². The van der Waals surface area contributed by atoms with Crippen molar-refractivity contribution in [1.82, 2.24) is 9.88 Å². The highest BCUT2D eigenvalue weighted by molar-refractivity contribution is 6.05. The molecule has 0 aliphatic heterocycles. The van der Waals surface area contributed by atoms with Crippen molar-refractivity contribution < 1.29 is 14.3 Å². The number of amides is 2. The van der Waals surface area contributed by atoms with E-state index < -0.39 is 5.60 Å². The lowest BCUT2D eigenvalue weighted by molar-refractivity contribution is 0.0245. The number of carbonyl (C=O) groups is 2. The summed E-state index contributed by atoms with van der Waals surface area (Å²) in [5, 5.41) is 2.95. The van der Waals surface area contributed by atoms with E-state index in [0.717, 1.165) is 5.56 Å². The van der Waals surface area contributed by atoms with E-state index in [2.05, 4.69) is 10.3 Å². The Labute approximate surface area is 172 Å². The topological polar surface area (TPSA) is 74.8 Å². The molecule has 1 aromatic heterocycles. The quantitative estimate of drug-likeness (QED) is 0.791. The van der Waals surface area contributed by atoms with Crippen LogP contribution in [0.25, 0.3) is 0 Å². The maximum absolute atomic E-state index is 12.8. The third kappa shape index (κ3) is 6.48. The highest BCUT2D eigenvalue weighted by Crippen LogP contribution is 2.20. The third-order valence-electron chi connectivity index (χ3n) is 4.13. The summed E-state index contributed by atoms with van der Waals surface area (Å²) >= 11 is 0. The van der Waals surface area contributed by atoms with Crippen LogP contribution in [0.5, 0.6) is 0 Å². The normalized spacial score (nSPS) is 11.0. The molecule has 2 rings (SSSR count). The van der Waals surface area contributed by atoms with Gasteiger partial charge in [0.05, 0.1) is 6.54 Å². The average Bonchev–Trinajstić information content (AvgIpc) is 2.65. The van der Waals surface area contributed by atoms with Crippen LogP contribution in [0.3, 0.4) is 0 Å². The number of ether oxygens (including phenoxy) is 1. The second-order valence-corrected chi connectivity index (χ2v) is 7.90. The monoisotopic (exact) mass is 398 g/mol. The first-order valence-corrected chi connectivity index (χ1v) is 9.61. The zero-order valence-corrected chi connectivity index (χ0v) is 18.0. The van der Waals surface area contributed by atoms with Crippen LogP contribution in [0, 0.1) is 0 Å². The Morgan fingerprint density at radius 2 is 1.83 bits per heavy atom. The summed E-state index contributed by atoms with van der Waals surface area (Å²) in [5.41, 5.74) is 1.43. The Kier molecular flexibility index (Phi) is 7.20. The molecule has 0 bridgehead atoms. The van der Waals surface area contributed by atoms with Gasteiger partial charge in [-0.3, -0.25) is 4.79 Å². The van der Waals surface area contributed by atoms with Crippen molar-refractivity contribution in [2.24, 2.45) is 0 Å². The largest absolute Gasteiger partial charge is 0.444 e. The van der Waals surface area contributed by atoms with Gasteiger partial charge in [0.25, 0.3) is 5.91 Å². The van der Waals surface area contributed by atoms with Crippen LogP contribution in [0.15, 0.2) is 42.6 Å². The summed E-state index contributed by atoms with van der Waals surface area (Å²) < 4.78 is 5.48. The van der Waals surface area contributed by atoms with Crippen molar-refractivity contribution in [1.29, 1.82) is 0 Å². The molecule has 2 aromatic rings. The van der Waals surface area contributed by atoms with Gasteiger partial charge in [-0.1, -0.05) is 18.2 Å². The fraction of sp³-hybridized carbons (Fsp3) is 0.409. The second-order valence-electron chi connectivity index (χ2n) is 7.90. The smallest absolute Gasteiger partial charge is 0.410 e. The number of hydrogen-bond acceptors (Lipinski definition) is 5. The zero-order valence-electron chi connectivity index (χ0n) is 18.0. The lowest BCUT2D eigenvalue weighted by Crippen LogP contribution is -2.36. The molecule has 0 saturated carbocycles. The number of anilines is 2. The first kappa shape index (κ1) is 22.2. The Bertz CT molecular complexity index is 859. The molecule has 0 aliphatic rings. The second kappa shape index (κ2) is 9.41. The van der Waals surface area contributed by atoms with E-state index in [9.17, 15) is 9.59 Å². The van der Waals surface area contributed by atoms with E-state index in [4.69, 9.17) is 4.74 Å². The molecule has 0 atom stereocenters. The SMILES string of the molecule is CCN(Cc1ccccc1NC(=O)c1ccnc(N(C)C)c1)C(=O)OC(C)(C)C. The van der Waals surface area contributed by atoms with Gasteiger partial charge >= 0.3 is 6.09 Å². The molecule has 0 unspecified atom stereocenters. The predicted octanol–water partition coefficient (Wildman–Crippen LogP) is 4.16. The molecule has 0 radical (unpaired) electrons. The van der Waals surface area contributed by atoms with E-state index in [-0.39, 0.29) is 12.0 Å². The fourth-order valence-electron chi connectivity index (χ4n) is 2.62. The molecular formula is C22H30N4O3. The van der Waals surface area contributed by atoms with E-state index in [1.807, 2.05) is 71.0 Å². The number of nitrogens with one attached hydrogen (secondary N) is 1. The van der Waals surface area contributed by atoms with E-state index in [1.54, 1.807) is 23.2 Å². The number of benzene rings is 1. The summed E-state index contributed by atoms with van der Waals surface area (Å²) in [6.45, 7) is 8.23. The van der Waals surface area contributed by atoms with Gasteiger partial charge in [-0.25, -0.2) is 9.78 Å². The highest BCUT2D eigenvalue weighted by atomic mass is 16.6. The van der Waals surface area contributed by atoms with Gasteiger partial charge in [-0.05, 0) is 51.5 Å². The number of para-hydroxylation sites is 1. The number of pyridine rings is 1. The van der Waals surface area contributed by atoms with Crippen LogP contribution in [0.2, 0.25) is 0 Å². The van der Waals surface area contributed by atoms with E-state index >= 15 is 0 Å². The van der Waals surface area contributed by atoms with Gasteiger partial charge in [0, 0.05) is 38.1 Å². The van der Waals surface area contributed by atoms with Crippen molar-refractivity contribution in [3.63, 3.8) is 0 Å². The standard InChI is InChI=1S/C22H30N4O3/c1-7-26(21(28)29-22(2,3)4)15-17-10-8-9-11-18(17)24-20(27)16-12-13-23-19(14-16)25(5)6/h8-14H,7,15H2,1-6H3,(H,24,27). The van der Waals surface area contributed by atoms with Crippen LogP contribution >= 0.6 is 0 Å². The molecule has 1 heterocycles. The molecule has 0 aliphatic carbocycles. The summed E-state index contributed by atoms with van der Waals surface area (Å²) in [5.74, 6) is 0.469. The molecule has 156 valence electrons. The van der Waals surface area contributed by atoms with Crippen molar-refractivity contribution in [2.75, 3.05) is 30.9 Å². The zero-order chi connectivity index (χ0) is 21.6. The van der Waals surface area contributed by atoms with Crippen LogP contribution < -0.4 is 10.2 Å². The third-order valence-corrected chi connectivity index (χ3v) is 4.13. The van der Waals surface area contributed by atoms with Gasteiger partial charge in [0.1, 0.15) is 11.4 Å². The number of rotatable bonds is 6. The minimum Gasteiger partial charge on any atom is -0.444 e. The molecule has 0 spiro atoms. The van der Waals surface area contributed by atoms with Crippen molar-refractivity contribution in [3.8, 4) is 0 Å². The van der Waals surface area contributed by atoms with Crippen molar-refractivity contribution in [3.05, 3.63) is 53.7 Å². The van der Waals surface area contributed by atoms with Crippen molar-refractivity contribution in [2.45, 2.75) is 39.8 Å². The van der Waals surface area contributed by atoms with Gasteiger partial charge in [-0.15, -0.1) is 0 Å². The Balaban J connectivity index is 2.19. The highest BCUT2D eigenvalue weighted by Gasteiger charge is 2.22. The molecule has 0 fully saturated rings. The summed E-state index contributed by atoms with van der Waals surface area (Å²) in [6.07, 6.45) is 1.23. The Morgan fingerprint density at radius 3 is 2.45 bits per heavy atom. The van der Waals surface area contributed by atoms with Gasteiger partial charge in [-0.2, -0.15) is 0 Å². The van der Waals surface area contributed by atoms with Crippen LogP contribution in [0.1, 0.15) is 43.6 Å². The van der Waals surface area contributed by atoms with Crippen molar-refractivity contribution >= 4 is 23.5 Å². The Morgan fingerprint density at radius 1 is 1.14 bits per heavy atom. The fourth-order valence-corrected chi connectivity index (χ4v) is 2.62. The number of aromatic nitrogens is 1. The molecule has 7 heteroatoms.